The summed E-state index contributed by atoms with van der Waals surface area (Å²) in [7, 11) is 0. The molecule has 0 heterocycles. The maximum absolute atomic E-state index is 10.4. The standard InChI is InChI=1S/C24H51NO2/c1-5-7-9-11-12-13-14-15-17-19-21-25-24(22(3)26,23(4)27)20-18-16-10-8-6-2/h22-23,25-27H,5-21H2,1-4H3. The van der Waals surface area contributed by atoms with Crippen LogP contribution in [-0.2, 0) is 0 Å². The SMILES string of the molecule is CCCCCCCCCCCCNC(CCCCCCC)(C(C)O)C(C)O. The predicted molar refractivity (Wildman–Crippen MR) is 119 cm³/mol. The van der Waals surface area contributed by atoms with Gasteiger partial charge in [-0.15, -0.1) is 0 Å². The zero-order valence-corrected chi connectivity index (χ0v) is 19.1. The topological polar surface area (TPSA) is 52.5 Å². The minimum absolute atomic E-state index is 0.535. The van der Waals surface area contributed by atoms with Crippen molar-refractivity contribution in [3.05, 3.63) is 0 Å². The van der Waals surface area contributed by atoms with Crippen LogP contribution in [0.25, 0.3) is 0 Å². The van der Waals surface area contributed by atoms with Crippen LogP contribution in [-0.4, -0.2) is 34.5 Å². The monoisotopic (exact) mass is 385 g/mol. The van der Waals surface area contributed by atoms with Crippen LogP contribution in [0.5, 0.6) is 0 Å². The summed E-state index contributed by atoms with van der Waals surface area (Å²) in [6.45, 7) is 9.03. The van der Waals surface area contributed by atoms with E-state index in [4.69, 9.17) is 0 Å². The highest BCUT2D eigenvalue weighted by Crippen LogP contribution is 2.25. The second-order valence-electron chi connectivity index (χ2n) is 8.67. The van der Waals surface area contributed by atoms with Gasteiger partial charge < -0.3 is 15.5 Å². The second-order valence-corrected chi connectivity index (χ2v) is 8.67. The van der Waals surface area contributed by atoms with Crippen molar-refractivity contribution >= 4 is 0 Å². The average molecular weight is 386 g/mol. The number of rotatable bonds is 20. The molecule has 2 unspecified atom stereocenters. The van der Waals surface area contributed by atoms with Crippen LogP contribution in [0.1, 0.15) is 130 Å². The van der Waals surface area contributed by atoms with Gasteiger partial charge in [-0.05, 0) is 33.2 Å². The number of hydrogen-bond acceptors (Lipinski definition) is 3. The third-order valence-corrected chi connectivity index (χ3v) is 6.17. The Hall–Kier alpha value is -0.120. The molecule has 3 N–H and O–H groups in total. The molecule has 0 aromatic carbocycles. The number of nitrogens with one attached hydrogen (secondary N) is 1. The van der Waals surface area contributed by atoms with Crippen molar-refractivity contribution in [2.75, 3.05) is 6.54 Å². The molecule has 164 valence electrons. The molecule has 0 aromatic heterocycles. The van der Waals surface area contributed by atoms with E-state index in [1.807, 2.05) is 13.8 Å². The highest BCUT2D eigenvalue weighted by molar-refractivity contribution is 4.97. The van der Waals surface area contributed by atoms with E-state index in [9.17, 15) is 10.2 Å². The molecule has 0 bridgehead atoms. The number of unbranched alkanes of at least 4 members (excludes halogenated alkanes) is 13. The van der Waals surface area contributed by atoms with E-state index in [0.717, 1.165) is 25.8 Å². The molecule has 3 nitrogen and oxygen atoms in total. The third-order valence-electron chi connectivity index (χ3n) is 6.17. The van der Waals surface area contributed by atoms with Gasteiger partial charge >= 0.3 is 0 Å². The molecule has 27 heavy (non-hydrogen) atoms. The molecular weight excluding hydrogens is 334 g/mol. The molecule has 0 spiro atoms. The van der Waals surface area contributed by atoms with Crippen molar-refractivity contribution in [3.63, 3.8) is 0 Å². The fourth-order valence-corrected chi connectivity index (χ4v) is 4.11. The van der Waals surface area contributed by atoms with Gasteiger partial charge in [0.25, 0.3) is 0 Å². The lowest BCUT2D eigenvalue weighted by Gasteiger charge is -2.40. The van der Waals surface area contributed by atoms with Crippen LogP contribution >= 0.6 is 0 Å². The highest BCUT2D eigenvalue weighted by atomic mass is 16.3. The van der Waals surface area contributed by atoms with Crippen LogP contribution in [0.3, 0.4) is 0 Å². The first-order valence-electron chi connectivity index (χ1n) is 12.1. The van der Waals surface area contributed by atoms with Crippen molar-refractivity contribution in [1.82, 2.24) is 5.32 Å². The lowest BCUT2D eigenvalue weighted by molar-refractivity contribution is -0.0227. The van der Waals surface area contributed by atoms with E-state index in [1.165, 1.54) is 83.5 Å². The van der Waals surface area contributed by atoms with E-state index in [2.05, 4.69) is 19.2 Å². The molecule has 0 aliphatic carbocycles. The first-order chi connectivity index (χ1) is 13.0. The van der Waals surface area contributed by atoms with Gasteiger partial charge in [0.2, 0.25) is 0 Å². The van der Waals surface area contributed by atoms with Crippen LogP contribution in [0.15, 0.2) is 0 Å². The van der Waals surface area contributed by atoms with Crippen molar-refractivity contribution < 1.29 is 10.2 Å². The predicted octanol–water partition coefficient (Wildman–Crippen LogP) is 6.36. The zero-order chi connectivity index (χ0) is 20.4. The second kappa shape index (κ2) is 17.9. The summed E-state index contributed by atoms with van der Waals surface area (Å²) in [6.07, 6.45) is 19.1. The Labute approximate surface area is 170 Å². The minimum atomic E-state index is -0.550. The van der Waals surface area contributed by atoms with Gasteiger partial charge in [0.15, 0.2) is 0 Å². The zero-order valence-electron chi connectivity index (χ0n) is 19.1. The highest BCUT2D eigenvalue weighted by Gasteiger charge is 2.38. The summed E-state index contributed by atoms with van der Waals surface area (Å²) >= 11 is 0. The molecule has 0 radical (unpaired) electrons. The summed E-state index contributed by atoms with van der Waals surface area (Å²) < 4.78 is 0. The van der Waals surface area contributed by atoms with Crippen LogP contribution in [0, 0.1) is 0 Å². The molecule has 0 aliphatic heterocycles. The first-order valence-corrected chi connectivity index (χ1v) is 12.1. The lowest BCUT2D eigenvalue weighted by Crippen LogP contribution is -2.60. The Morgan fingerprint density at radius 1 is 0.593 bits per heavy atom. The van der Waals surface area contributed by atoms with E-state index in [0.29, 0.717) is 0 Å². The fourth-order valence-electron chi connectivity index (χ4n) is 4.11. The van der Waals surface area contributed by atoms with Crippen molar-refractivity contribution in [2.45, 2.75) is 148 Å². The molecule has 0 saturated heterocycles. The van der Waals surface area contributed by atoms with Gasteiger partial charge in [0, 0.05) is 0 Å². The van der Waals surface area contributed by atoms with Crippen LogP contribution < -0.4 is 5.32 Å². The van der Waals surface area contributed by atoms with Gasteiger partial charge in [0.1, 0.15) is 0 Å². The Kier molecular flexibility index (Phi) is 17.9. The summed E-state index contributed by atoms with van der Waals surface area (Å²) in [5.74, 6) is 0. The molecule has 2 atom stereocenters. The maximum atomic E-state index is 10.4. The van der Waals surface area contributed by atoms with Crippen LogP contribution in [0.2, 0.25) is 0 Å². The van der Waals surface area contributed by atoms with Gasteiger partial charge in [-0.2, -0.15) is 0 Å². The van der Waals surface area contributed by atoms with E-state index in [1.54, 1.807) is 0 Å². The van der Waals surface area contributed by atoms with Gasteiger partial charge in [-0.1, -0.05) is 104 Å². The molecular formula is C24H51NO2. The smallest absolute Gasteiger partial charge is 0.0718 e. The Morgan fingerprint density at radius 3 is 1.37 bits per heavy atom. The average Bonchev–Trinajstić information content (AvgIpc) is 2.63. The Bertz CT molecular complexity index is 297. The van der Waals surface area contributed by atoms with E-state index in [-0.39, 0.29) is 0 Å². The molecule has 0 saturated carbocycles. The maximum Gasteiger partial charge on any atom is 0.0718 e. The molecule has 0 rings (SSSR count). The van der Waals surface area contributed by atoms with Gasteiger partial charge in [0.05, 0.1) is 17.7 Å². The normalized spacial score (nSPS) is 16.2. The van der Waals surface area contributed by atoms with E-state index < -0.39 is 17.7 Å². The lowest BCUT2D eigenvalue weighted by atomic mass is 9.82. The summed E-state index contributed by atoms with van der Waals surface area (Å²) in [5.41, 5.74) is -0.550. The summed E-state index contributed by atoms with van der Waals surface area (Å²) in [4.78, 5) is 0. The molecule has 0 fully saturated rings. The summed E-state index contributed by atoms with van der Waals surface area (Å²) in [5, 5.41) is 24.3. The quantitative estimate of drug-likeness (QED) is 0.214. The van der Waals surface area contributed by atoms with Crippen molar-refractivity contribution in [3.8, 4) is 0 Å². The molecule has 0 aromatic rings. The van der Waals surface area contributed by atoms with Crippen molar-refractivity contribution in [1.29, 1.82) is 0 Å². The first kappa shape index (κ1) is 26.9. The number of hydrogen-bond donors (Lipinski definition) is 3. The number of aliphatic hydroxyl groups is 2. The minimum Gasteiger partial charge on any atom is -0.391 e. The molecule has 0 amide bonds. The Morgan fingerprint density at radius 2 is 0.963 bits per heavy atom. The van der Waals surface area contributed by atoms with Gasteiger partial charge in [-0.3, -0.25) is 0 Å². The largest absolute Gasteiger partial charge is 0.391 e. The van der Waals surface area contributed by atoms with E-state index >= 15 is 0 Å². The third kappa shape index (κ3) is 12.9. The Balaban J connectivity index is 3.98. The van der Waals surface area contributed by atoms with Crippen molar-refractivity contribution in [2.24, 2.45) is 0 Å². The van der Waals surface area contributed by atoms with Gasteiger partial charge in [-0.25, -0.2) is 0 Å². The molecule has 3 heteroatoms. The summed E-state index contributed by atoms with van der Waals surface area (Å²) in [6, 6.07) is 0. The number of aliphatic hydroxyl groups excluding tert-OH is 2. The van der Waals surface area contributed by atoms with Crippen LogP contribution in [0.4, 0.5) is 0 Å². The molecule has 0 aliphatic rings. The fraction of sp³-hybridized carbons (Fsp3) is 1.00.